The van der Waals surface area contributed by atoms with Gasteiger partial charge in [0, 0.05) is 6.07 Å². The van der Waals surface area contributed by atoms with Crippen LogP contribution in [0.5, 0.6) is 11.5 Å². The van der Waals surface area contributed by atoms with Gasteiger partial charge in [-0.05, 0) is 42.0 Å². The van der Waals surface area contributed by atoms with Gasteiger partial charge in [0.25, 0.3) is 0 Å². The van der Waals surface area contributed by atoms with Crippen LogP contribution in [0.15, 0.2) is 47.6 Å². The first-order valence-electron chi connectivity index (χ1n) is 5.86. The van der Waals surface area contributed by atoms with Crippen LogP contribution in [0.3, 0.4) is 0 Å². The third kappa shape index (κ3) is 4.66. The highest BCUT2D eigenvalue weighted by Gasteiger charge is 2.02. The molecule has 0 saturated heterocycles. The number of primary amides is 1. The van der Waals surface area contributed by atoms with E-state index in [2.05, 4.69) is 10.5 Å². The standard InChI is InChI=1S/C14H11Cl2N3O2/c15-12-6-5-11(7-13(12)16)21-10-3-1-9(2-4-10)8-18-19-14(17)20/h1-8H,(H3,17,19,20). The lowest BCUT2D eigenvalue weighted by Gasteiger charge is -2.06. The summed E-state index contributed by atoms with van der Waals surface area (Å²) in [7, 11) is 0. The number of amides is 2. The maximum atomic E-state index is 10.5. The molecule has 0 fully saturated rings. The van der Waals surface area contributed by atoms with Crippen LogP contribution in [0, 0.1) is 0 Å². The van der Waals surface area contributed by atoms with Crippen molar-refractivity contribution in [2.24, 2.45) is 10.8 Å². The molecule has 108 valence electrons. The molecule has 2 aromatic carbocycles. The van der Waals surface area contributed by atoms with Gasteiger partial charge in [0.2, 0.25) is 0 Å². The Morgan fingerprint density at radius 1 is 1.10 bits per heavy atom. The highest BCUT2D eigenvalue weighted by atomic mass is 35.5. The number of rotatable bonds is 4. The molecule has 0 heterocycles. The minimum atomic E-state index is -0.717. The average Bonchev–Trinajstić information content (AvgIpc) is 2.44. The summed E-state index contributed by atoms with van der Waals surface area (Å²) in [6.45, 7) is 0. The molecule has 0 aliphatic heterocycles. The number of ether oxygens (including phenoxy) is 1. The van der Waals surface area contributed by atoms with E-state index in [1.165, 1.54) is 6.21 Å². The summed E-state index contributed by atoms with van der Waals surface area (Å²) in [6, 6.07) is 11.4. The van der Waals surface area contributed by atoms with Gasteiger partial charge in [-0.1, -0.05) is 23.2 Å². The van der Waals surface area contributed by atoms with E-state index in [1.54, 1.807) is 42.5 Å². The highest BCUT2D eigenvalue weighted by Crippen LogP contribution is 2.29. The van der Waals surface area contributed by atoms with Crippen molar-refractivity contribution in [2.75, 3.05) is 0 Å². The van der Waals surface area contributed by atoms with Gasteiger partial charge in [0.1, 0.15) is 11.5 Å². The normalized spacial score (nSPS) is 10.6. The van der Waals surface area contributed by atoms with Crippen LogP contribution in [-0.2, 0) is 0 Å². The number of nitrogens with one attached hydrogen (secondary N) is 1. The summed E-state index contributed by atoms with van der Waals surface area (Å²) in [4.78, 5) is 10.5. The van der Waals surface area contributed by atoms with E-state index >= 15 is 0 Å². The van der Waals surface area contributed by atoms with Crippen LogP contribution >= 0.6 is 23.2 Å². The summed E-state index contributed by atoms with van der Waals surface area (Å²) in [5.74, 6) is 1.22. The molecule has 0 saturated carbocycles. The molecule has 0 unspecified atom stereocenters. The Hall–Kier alpha value is -2.24. The molecule has 3 N–H and O–H groups in total. The fraction of sp³-hybridized carbons (Fsp3) is 0. The molecule has 0 aromatic heterocycles. The van der Waals surface area contributed by atoms with Crippen molar-refractivity contribution in [2.45, 2.75) is 0 Å². The molecule has 0 radical (unpaired) electrons. The molecule has 0 spiro atoms. The zero-order valence-corrected chi connectivity index (χ0v) is 12.2. The number of hydrogen-bond acceptors (Lipinski definition) is 3. The van der Waals surface area contributed by atoms with Crippen LogP contribution < -0.4 is 15.9 Å². The largest absolute Gasteiger partial charge is 0.457 e. The third-order valence-electron chi connectivity index (χ3n) is 2.40. The van der Waals surface area contributed by atoms with E-state index in [-0.39, 0.29) is 0 Å². The molecule has 21 heavy (non-hydrogen) atoms. The third-order valence-corrected chi connectivity index (χ3v) is 3.13. The van der Waals surface area contributed by atoms with Crippen molar-refractivity contribution in [1.82, 2.24) is 5.43 Å². The van der Waals surface area contributed by atoms with E-state index in [4.69, 9.17) is 33.7 Å². The van der Waals surface area contributed by atoms with Crippen molar-refractivity contribution < 1.29 is 9.53 Å². The minimum absolute atomic E-state index is 0.426. The number of hydrazone groups is 1. The van der Waals surface area contributed by atoms with Gasteiger partial charge in [0.05, 0.1) is 16.3 Å². The number of carbonyl (C=O) groups is 1. The van der Waals surface area contributed by atoms with Crippen LogP contribution in [0.4, 0.5) is 4.79 Å². The Morgan fingerprint density at radius 2 is 1.76 bits per heavy atom. The molecule has 0 bridgehead atoms. The molecular formula is C14H11Cl2N3O2. The lowest BCUT2D eigenvalue weighted by atomic mass is 10.2. The molecule has 7 heteroatoms. The maximum absolute atomic E-state index is 10.5. The fourth-order valence-corrected chi connectivity index (χ4v) is 1.76. The molecule has 0 atom stereocenters. The summed E-state index contributed by atoms with van der Waals surface area (Å²) in [6.07, 6.45) is 1.47. The monoisotopic (exact) mass is 323 g/mol. The molecule has 0 aliphatic rings. The lowest BCUT2D eigenvalue weighted by Crippen LogP contribution is -2.24. The van der Waals surface area contributed by atoms with Gasteiger partial charge in [-0.25, -0.2) is 10.2 Å². The molecule has 2 amide bonds. The Morgan fingerprint density at radius 3 is 2.38 bits per heavy atom. The first-order chi connectivity index (χ1) is 10.0. The first kappa shape index (κ1) is 15.2. The zero-order valence-electron chi connectivity index (χ0n) is 10.7. The van der Waals surface area contributed by atoms with E-state index < -0.39 is 6.03 Å². The maximum Gasteiger partial charge on any atom is 0.332 e. The van der Waals surface area contributed by atoms with Gasteiger partial charge in [-0.3, -0.25) is 0 Å². The first-order valence-corrected chi connectivity index (χ1v) is 6.61. The van der Waals surface area contributed by atoms with Crippen LogP contribution in [0.2, 0.25) is 10.0 Å². The summed E-state index contributed by atoms with van der Waals surface area (Å²) < 4.78 is 5.63. The number of nitrogens with two attached hydrogens (primary N) is 1. The Kier molecular flexibility index (Phi) is 5.03. The minimum Gasteiger partial charge on any atom is -0.457 e. The Bertz CT molecular complexity index is 672. The van der Waals surface area contributed by atoms with E-state index in [0.717, 1.165) is 5.56 Å². The van der Waals surface area contributed by atoms with Gasteiger partial charge in [0.15, 0.2) is 0 Å². The van der Waals surface area contributed by atoms with Crippen molar-refractivity contribution in [3.63, 3.8) is 0 Å². The van der Waals surface area contributed by atoms with Crippen molar-refractivity contribution in [3.05, 3.63) is 58.1 Å². The quantitative estimate of drug-likeness (QED) is 0.663. The lowest BCUT2D eigenvalue weighted by molar-refractivity contribution is 0.249. The topological polar surface area (TPSA) is 76.7 Å². The van der Waals surface area contributed by atoms with Crippen molar-refractivity contribution in [3.8, 4) is 11.5 Å². The molecular weight excluding hydrogens is 313 g/mol. The Balaban J connectivity index is 2.03. The Labute approximate surface area is 131 Å². The number of urea groups is 1. The van der Waals surface area contributed by atoms with Gasteiger partial charge >= 0.3 is 6.03 Å². The number of halogens is 2. The van der Waals surface area contributed by atoms with Crippen LogP contribution in [0.25, 0.3) is 0 Å². The molecule has 2 rings (SSSR count). The van der Waals surface area contributed by atoms with E-state index in [0.29, 0.717) is 21.5 Å². The number of carbonyl (C=O) groups excluding carboxylic acids is 1. The summed E-state index contributed by atoms with van der Waals surface area (Å²) >= 11 is 11.7. The zero-order chi connectivity index (χ0) is 15.2. The highest BCUT2D eigenvalue weighted by molar-refractivity contribution is 6.42. The fourth-order valence-electron chi connectivity index (χ4n) is 1.47. The van der Waals surface area contributed by atoms with Crippen molar-refractivity contribution >= 4 is 35.4 Å². The van der Waals surface area contributed by atoms with Crippen molar-refractivity contribution in [1.29, 1.82) is 0 Å². The average molecular weight is 324 g/mol. The number of benzene rings is 2. The summed E-state index contributed by atoms with van der Waals surface area (Å²) in [5, 5.41) is 4.55. The van der Waals surface area contributed by atoms with Gasteiger partial charge in [-0.15, -0.1) is 0 Å². The van der Waals surface area contributed by atoms with Gasteiger partial charge in [-0.2, -0.15) is 5.10 Å². The predicted molar refractivity (Wildman–Crippen MR) is 83.3 cm³/mol. The predicted octanol–water partition coefficient (Wildman–Crippen LogP) is 3.79. The molecule has 2 aromatic rings. The van der Waals surface area contributed by atoms with E-state index in [1.807, 2.05) is 0 Å². The number of nitrogens with zero attached hydrogens (tertiary/aromatic N) is 1. The van der Waals surface area contributed by atoms with Gasteiger partial charge < -0.3 is 10.5 Å². The van der Waals surface area contributed by atoms with Crippen LogP contribution in [0.1, 0.15) is 5.56 Å². The number of hydrogen-bond donors (Lipinski definition) is 2. The second-order valence-electron chi connectivity index (χ2n) is 3.98. The molecule has 5 nitrogen and oxygen atoms in total. The second kappa shape index (κ2) is 6.97. The summed E-state index contributed by atoms with van der Waals surface area (Å²) in [5.41, 5.74) is 7.78. The SMILES string of the molecule is NC(=O)NN=Cc1ccc(Oc2ccc(Cl)c(Cl)c2)cc1. The molecule has 0 aliphatic carbocycles. The van der Waals surface area contributed by atoms with Crippen LogP contribution in [-0.4, -0.2) is 12.2 Å². The second-order valence-corrected chi connectivity index (χ2v) is 4.80. The smallest absolute Gasteiger partial charge is 0.332 e. The van der Waals surface area contributed by atoms with E-state index in [9.17, 15) is 4.79 Å².